The number of carboxylic acid groups (broad SMARTS) is 3. The molecule has 0 aliphatic carbocycles. The summed E-state index contributed by atoms with van der Waals surface area (Å²) in [6.07, 6.45) is -1.59. The summed E-state index contributed by atoms with van der Waals surface area (Å²) in [5, 5.41) is 33.9. The number of carbonyl (C=O) groups is 6. The summed E-state index contributed by atoms with van der Waals surface area (Å²) < 4.78 is 0. The normalized spacial score (nSPS) is 14.2. The van der Waals surface area contributed by atoms with Gasteiger partial charge in [0.1, 0.15) is 18.1 Å². The van der Waals surface area contributed by atoms with E-state index in [9.17, 15) is 33.9 Å². The molecule has 1 rings (SSSR count). The molecular weight excluding hydrogens is 464 g/mol. The van der Waals surface area contributed by atoms with Crippen LogP contribution in [0, 0.1) is 5.92 Å². The van der Waals surface area contributed by atoms with Gasteiger partial charge in [0.25, 0.3) is 0 Å². The number of hydrogen-bond donors (Lipinski definition) is 7. The lowest BCUT2D eigenvalue weighted by atomic mass is 10.00. The first-order valence-corrected chi connectivity index (χ1v) is 10.7. The highest BCUT2D eigenvalue weighted by Crippen LogP contribution is 2.08. The van der Waals surface area contributed by atoms with Crippen LogP contribution >= 0.6 is 0 Å². The quantitative estimate of drug-likeness (QED) is 0.162. The molecular formula is C22H30N4O9. The van der Waals surface area contributed by atoms with Crippen LogP contribution in [0.25, 0.3) is 0 Å². The van der Waals surface area contributed by atoms with Crippen LogP contribution in [0.2, 0.25) is 0 Å². The van der Waals surface area contributed by atoms with Crippen molar-refractivity contribution in [1.82, 2.24) is 16.0 Å². The summed E-state index contributed by atoms with van der Waals surface area (Å²) in [5.41, 5.74) is 6.17. The Bertz CT molecular complexity index is 936. The SMILES string of the molecule is CC(C)C(NC(=O)C(N)CC(=O)O)C(=O)NC(Cc1ccccc1)C(=O)NC(CC(=O)O)C(=O)O. The van der Waals surface area contributed by atoms with E-state index in [1.54, 1.807) is 44.2 Å². The number of rotatable bonds is 14. The second-order valence-electron chi connectivity index (χ2n) is 8.18. The number of amides is 3. The van der Waals surface area contributed by atoms with Gasteiger partial charge in [-0.05, 0) is 11.5 Å². The molecule has 4 unspecified atom stereocenters. The molecule has 4 atom stereocenters. The van der Waals surface area contributed by atoms with Crippen LogP contribution in [0.15, 0.2) is 30.3 Å². The second-order valence-corrected chi connectivity index (χ2v) is 8.18. The summed E-state index contributed by atoms with van der Waals surface area (Å²) in [6, 6.07) is 2.82. The fraction of sp³-hybridized carbons (Fsp3) is 0.455. The molecule has 1 aromatic carbocycles. The third-order valence-electron chi connectivity index (χ3n) is 4.89. The predicted molar refractivity (Wildman–Crippen MR) is 121 cm³/mol. The molecule has 0 heterocycles. The lowest BCUT2D eigenvalue weighted by Gasteiger charge is -2.27. The van der Waals surface area contributed by atoms with E-state index in [-0.39, 0.29) is 6.42 Å². The van der Waals surface area contributed by atoms with Crippen LogP contribution in [0.1, 0.15) is 32.3 Å². The number of nitrogens with one attached hydrogen (secondary N) is 3. The molecule has 0 radical (unpaired) electrons. The minimum Gasteiger partial charge on any atom is -0.481 e. The summed E-state index contributed by atoms with van der Waals surface area (Å²) >= 11 is 0. The Labute approximate surface area is 201 Å². The summed E-state index contributed by atoms with van der Waals surface area (Å²) in [6.45, 7) is 3.21. The zero-order chi connectivity index (χ0) is 26.7. The second kappa shape index (κ2) is 13.6. The van der Waals surface area contributed by atoms with Crippen molar-refractivity contribution in [2.24, 2.45) is 11.7 Å². The van der Waals surface area contributed by atoms with E-state index in [1.165, 1.54) is 0 Å². The molecule has 0 saturated heterocycles. The standard InChI is InChI=1S/C22H30N4O9/c1-11(2)18(26-19(31)13(23)9-16(27)28)21(33)24-14(8-12-6-4-3-5-7-12)20(32)25-15(22(34)35)10-17(29)30/h3-7,11,13-15,18H,8-10,23H2,1-2H3,(H,24,33)(H,25,32)(H,26,31)(H,27,28)(H,29,30)(H,34,35). The number of nitrogens with two attached hydrogens (primary N) is 1. The van der Waals surface area contributed by atoms with E-state index in [1.807, 2.05) is 0 Å². The van der Waals surface area contributed by atoms with E-state index in [0.717, 1.165) is 0 Å². The minimum absolute atomic E-state index is 0.0604. The van der Waals surface area contributed by atoms with Crippen molar-refractivity contribution >= 4 is 35.6 Å². The van der Waals surface area contributed by atoms with Crippen molar-refractivity contribution in [3.05, 3.63) is 35.9 Å². The van der Waals surface area contributed by atoms with Gasteiger partial charge in [0.05, 0.1) is 18.9 Å². The molecule has 3 amide bonds. The largest absolute Gasteiger partial charge is 0.481 e. The number of aliphatic carboxylic acids is 3. The number of hydrogen-bond acceptors (Lipinski definition) is 7. The van der Waals surface area contributed by atoms with Gasteiger partial charge >= 0.3 is 17.9 Å². The molecule has 0 aromatic heterocycles. The Kier molecular flexibility index (Phi) is 11.3. The molecule has 0 aliphatic heterocycles. The molecule has 13 nitrogen and oxygen atoms in total. The number of carboxylic acids is 3. The van der Waals surface area contributed by atoms with E-state index in [4.69, 9.17) is 15.9 Å². The van der Waals surface area contributed by atoms with Crippen LogP contribution in [0.5, 0.6) is 0 Å². The Balaban J connectivity index is 3.10. The molecule has 0 fully saturated rings. The van der Waals surface area contributed by atoms with Crippen LogP contribution in [0.4, 0.5) is 0 Å². The molecule has 1 aromatic rings. The molecule has 192 valence electrons. The van der Waals surface area contributed by atoms with Crippen molar-refractivity contribution in [1.29, 1.82) is 0 Å². The molecule has 8 N–H and O–H groups in total. The lowest BCUT2D eigenvalue weighted by Crippen LogP contribution is -2.59. The average Bonchev–Trinajstić information content (AvgIpc) is 2.75. The van der Waals surface area contributed by atoms with Crippen molar-refractivity contribution in [2.45, 2.75) is 57.3 Å². The van der Waals surface area contributed by atoms with E-state index in [2.05, 4.69) is 16.0 Å². The Hall–Kier alpha value is -4.00. The molecule has 35 heavy (non-hydrogen) atoms. The maximum absolute atomic E-state index is 13.0. The maximum Gasteiger partial charge on any atom is 0.326 e. The van der Waals surface area contributed by atoms with Crippen molar-refractivity contribution in [3.63, 3.8) is 0 Å². The molecule has 0 aliphatic rings. The van der Waals surface area contributed by atoms with Gasteiger partial charge in [0.15, 0.2) is 0 Å². The van der Waals surface area contributed by atoms with Crippen LogP contribution in [0.3, 0.4) is 0 Å². The van der Waals surface area contributed by atoms with Gasteiger partial charge in [-0.2, -0.15) is 0 Å². The third kappa shape index (κ3) is 10.2. The zero-order valence-electron chi connectivity index (χ0n) is 19.3. The minimum atomic E-state index is -1.73. The zero-order valence-corrected chi connectivity index (χ0v) is 19.3. The van der Waals surface area contributed by atoms with Crippen LogP contribution < -0.4 is 21.7 Å². The summed E-state index contributed by atoms with van der Waals surface area (Å²) in [7, 11) is 0. The molecule has 0 spiro atoms. The smallest absolute Gasteiger partial charge is 0.326 e. The average molecular weight is 495 g/mol. The topological polar surface area (TPSA) is 225 Å². The highest BCUT2D eigenvalue weighted by Gasteiger charge is 2.32. The fourth-order valence-corrected chi connectivity index (χ4v) is 3.04. The Morgan fingerprint density at radius 3 is 1.80 bits per heavy atom. The molecule has 0 saturated carbocycles. The van der Waals surface area contributed by atoms with Crippen molar-refractivity contribution < 1.29 is 44.1 Å². The van der Waals surface area contributed by atoms with Crippen molar-refractivity contribution in [2.75, 3.05) is 0 Å². The van der Waals surface area contributed by atoms with Gasteiger partial charge in [0.2, 0.25) is 17.7 Å². The fourth-order valence-electron chi connectivity index (χ4n) is 3.04. The van der Waals surface area contributed by atoms with E-state index < -0.39 is 78.6 Å². The van der Waals surface area contributed by atoms with Gasteiger partial charge in [-0.1, -0.05) is 44.2 Å². The first kappa shape index (κ1) is 29.0. The first-order valence-electron chi connectivity index (χ1n) is 10.7. The van der Waals surface area contributed by atoms with Gasteiger partial charge in [-0.25, -0.2) is 4.79 Å². The maximum atomic E-state index is 13.0. The van der Waals surface area contributed by atoms with Gasteiger partial charge in [-0.3, -0.25) is 24.0 Å². The van der Waals surface area contributed by atoms with E-state index >= 15 is 0 Å². The Morgan fingerprint density at radius 2 is 1.31 bits per heavy atom. The first-order chi connectivity index (χ1) is 16.3. The third-order valence-corrected chi connectivity index (χ3v) is 4.89. The highest BCUT2D eigenvalue weighted by atomic mass is 16.4. The number of benzene rings is 1. The summed E-state index contributed by atoms with van der Waals surface area (Å²) in [5.74, 6) is -7.41. The van der Waals surface area contributed by atoms with Gasteiger partial charge in [0, 0.05) is 6.42 Å². The Morgan fingerprint density at radius 1 is 0.771 bits per heavy atom. The number of carbonyl (C=O) groups excluding carboxylic acids is 3. The van der Waals surface area contributed by atoms with Crippen molar-refractivity contribution in [3.8, 4) is 0 Å². The van der Waals surface area contributed by atoms with Crippen LogP contribution in [-0.2, 0) is 35.2 Å². The molecule has 13 heteroatoms. The van der Waals surface area contributed by atoms with Gasteiger partial charge < -0.3 is 37.0 Å². The van der Waals surface area contributed by atoms with Crippen LogP contribution in [-0.4, -0.2) is 75.1 Å². The molecule has 0 bridgehead atoms. The predicted octanol–water partition coefficient (Wildman–Crippen LogP) is -1.30. The summed E-state index contributed by atoms with van der Waals surface area (Å²) in [4.78, 5) is 71.2. The lowest BCUT2D eigenvalue weighted by molar-refractivity contribution is -0.147. The van der Waals surface area contributed by atoms with Gasteiger partial charge in [-0.15, -0.1) is 0 Å². The highest BCUT2D eigenvalue weighted by molar-refractivity contribution is 5.95. The van der Waals surface area contributed by atoms with E-state index in [0.29, 0.717) is 5.56 Å². The monoisotopic (exact) mass is 494 g/mol.